The van der Waals surface area contributed by atoms with E-state index in [4.69, 9.17) is 4.74 Å². The Bertz CT molecular complexity index is 430. The van der Waals surface area contributed by atoms with E-state index >= 15 is 0 Å². The minimum absolute atomic E-state index is 0.350. The van der Waals surface area contributed by atoms with Gasteiger partial charge in [-0.15, -0.1) is 0 Å². The standard InChI is InChI=1S/C14H20N2O2/c1-10(2)9-18-14(17)16-13-4-3-11-5-6-15-8-12(11)7-13/h3-4,7,10,15H,5-6,8-9H2,1-2H3,(H,16,17). The third kappa shape index (κ3) is 3.47. The van der Waals surface area contributed by atoms with Crippen LogP contribution in [0.4, 0.5) is 10.5 Å². The second-order valence-corrected chi connectivity index (χ2v) is 5.03. The first kappa shape index (κ1) is 12.9. The summed E-state index contributed by atoms with van der Waals surface area (Å²) < 4.78 is 5.09. The summed E-state index contributed by atoms with van der Waals surface area (Å²) in [6.07, 6.45) is 0.667. The molecule has 0 spiro atoms. The second-order valence-electron chi connectivity index (χ2n) is 5.03. The van der Waals surface area contributed by atoms with Gasteiger partial charge in [0.05, 0.1) is 6.61 Å². The van der Waals surface area contributed by atoms with Gasteiger partial charge in [0.15, 0.2) is 0 Å². The van der Waals surface area contributed by atoms with Gasteiger partial charge < -0.3 is 10.1 Å². The Kier molecular flexibility index (Phi) is 4.20. The van der Waals surface area contributed by atoms with E-state index in [2.05, 4.69) is 16.7 Å². The maximum atomic E-state index is 11.5. The average Bonchev–Trinajstić information content (AvgIpc) is 2.36. The van der Waals surface area contributed by atoms with E-state index in [9.17, 15) is 4.79 Å². The van der Waals surface area contributed by atoms with E-state index in [1.165, 1.54) is 11.1 Å². The zero-order valence-electron chi connectivity index (χ0n) is 11.0. The number of carbonyl (C=O) groups is 1. The molecule has 1 amide bonds. The van der Waals surface area contributed by atoms with Crippen molar-refractivity contribution in [1.29, 1.82) is 0 Å². The van der Waals surface area contributed by atoms with Gasteiger partial charge in [0.25, 0.3) is 0 Å². The van der Waals surface area contributed by atoms with E-state index in [-0.39, 0.29) is 6.09 Å². The van der Waals surface area contributed by atoms with Crippen LogP contribution in [-0.2, 0) is 17.7 Å². The molecule has 18 heavy (non-hydrogen) atoms. The zero-order valence-corrected chi connectivity index (χ0v) is 11.0. The molecule has 0 atom stereocenters. The lowest BCUT2D eigenvalue weighted by Crippen LogP contribution is -2.24. The van der Waals surface area contributed by atoms with Crippen LogP contribution in [0.25, 0.3) is 0 Å². The maximum Gasteiger partial charge on any atom is 0.411 e. The van der Waals surface area contributed by atoms with Gasteiger partial charge >= 0.3 is 6.09 Å². The molecule has 2 N–H and O–H groups in total. The molecular weight excluding hydrogens is 228 g/mol. The van der Waals surface area contributed by atoms with Crippen LogP contribution >= 0.6 is 0 Å². The molecule has 0 saturated heterocycles. The molecule has 4 heteroatoms. The summed E-state index contributed by atoms with van der Waals surface area (Å²) in [6, 6.07) is 6.02. The molecule has 1 aliphatic heterocycles. The molecule has 0 saturated carbocycles. The van der Waals surface area contributed by atoms with Crippen molar-refractivity contribution < 1.29 is 9.53 Å². The second kappa shape index (κ2) is 5.87. The van der Waals surface area contributed by atoms with Crippen molar-refractivity contribution in [2.45, 2.75) is 26.8 Å². The lowest BCUT2D eigenvalue weighted by Gasteiger charge is -2.18. The molecule has 0 fully saturated rings. The van der Waals surface area contributed by atoms with E-state index in [0.717, 1.165) is 25.2 Å². The fourth-order valence-corrected chi connectivity index (χ4v) is 1.95. The van der Waals surface area contributed by atoms with Crippen LogP contribution < -0.4 is 10.6 Å². The summed E-state index contributed by atoms with van der Waals surface area (Å²) in [6.45, 7) is 6.36. The Labute approximate surface area is 108 Å². The lowest BCUT2D eigenvalue weighted by molar-refractivity contribution is 0.147. The van der Waals surface area contributed by atoms with Gasteiger partial charge in [-0.1, -0.05) is 19.9 Å². The summed E-state index contributed by atoms with van der Waals surface area (Å²) >= 11 is 0. The number of carbonyl (C=O) groups excluding carboxylic acids is 1. The highest BCUT2D eigenvalue weighted by atomic mass is 16.5. The molecule has 2 rings (SSSR count). The topological polar surface area (TPSA) is 50.4 Å². The summed E-state index contributed by atoms with van der Waals surface area (Å²) in [5.74, 6) is 0.350. The van der Waals surface area contributed by atoms with Crippen molar-refractivity contribution in [3.05, 3.63) is 29.3 Å². The number of nitrogens with one attached hydrogen (secondary N) is 2. The molecule has 0 bridgehead atoms. The largest absolute Gasteiger partial charge is 0.449 e. The van der Waals surface area contributed by atoms with Gasteiger partial charge in [-0.2, -0.15) is 0 Å². The fraction of sp³-hybridized carbons (Fsp3) is 0.500. The molecule has 0 aromatic heterocycles. The Morgan fingerprint density at radius 2 is 2.28 bits per heavy atom. The van der Waals surface area contributed by atoms with Gasteiger partial charge in [0, 0.05) is 12.2 Å². The van der Waals surface area contributed by atoms with Crippen molar-refractivity contribution in [2.24, 2.45) is 5.92 Å². The van der Waals surface area contributed by atoms with Crippen LogP contribution in [0.1, 0.15) is 25.0 Å². The SMILES string of the molecule is CC(C)COC(=O)Nc1ccc2c(c1)CNCC2. The molecule has 0 unspecified atom stereocenters. The highest BCUT2D eigenvalue weighted by Gasteiger charge is 2.10. The van der Waals surface area contributed by atoms with Crippen LogP contribution in [0.5, 0.6) is 0 Å². The molecule has 0 aliphatic carbocycles. The number of rotatable bonds is 3. The van der Waals surface area contributed by atoms with Crippen molar-refractivity contribution in [3.8, 4) is 0 Å². The van der Waals surface area contributed by atoms with E-state index in [1.807, 2.05) is 26.0 Å². The fourth-order valence-electron chi connectivity index (χ4n) is 1.95. The number of fused-ring (bicyclic) bond motifs is 1. The van der Waals surface area contributed by atoms with Crippen molar-refractivity contribution >= 4 is 11.8 Å². The average molecular weight is 248 g/mol. The quantitative estimate of drug-likeness (QED) is 0.864. The molecule has 1 aromatic rings. The number of anilines is 1. The van der Waals surface area contributed by atoms with Crippen LogP contribution in [0.15, 0.2) is 18.2 Å². The van der Waals surface area contributed by atoms with Crippen LogP contribution in [0, 0.1) is 5.92 Å². The van der Waals surface area contributed by atoms with Gasteiger partial charge in [-0.25, -0.2) is 4.79 Å². The third-order valence-electron chi connectivity index (χ3n) is 2.89. The molecule has 1 aromatic carbocycles. The smallest absolute Gasteiger partial charge is 0.411 e. The number of hydrogen-bond donors (Lipinski definition) is 2. The van der Waals surface area contributed by atoms with Crippen LogP contribution in [0.2, 0.25) is 0 Å². The molecule has 0 radical (unpaired) electrons. The van der Waals surface area contributed by atoms with Gasteiger partial charge in [-0.3, -0.25) is 5.32 Å². The Morgan fingerprint density at radius 3 is 3.06 bits per heavy atom. The Hall–Kier alpha value is -1.55. The predicted molar refractivity (Wildman–Crippen MR) is 71.7 cm³/mol. The predicted octanol–water partition coefficient (Wildman–Crippen LogP) is 2.54. The first-order valence-corrected chi connectivity index (χ1v) is 6.41. The maximum absolute atomic E-state index is 11.5. The molecular formula is C14H20N2O2. The van der Waals surface area contributed by atoms with Crippen LogP contribution in [0.3, 0.4) is 0 Å². The number of ether oxygens (including phenoxy) is 1. The molecule has 1 aliphatic rings. The Balaban J connectivity index is 1.95. The monoisotopic (exact) mass is 248 g/mol. The van der Waals surface area contributed by atoms with Gasteiger partial charge in [0.1, 0.15) is 0 Å². The van der Waals surface area contributed by atoms with Crippen LogP contribution in [-0.4, -0.2) is 19.2 Å². The lowest BCUT2D eigenvalue weighted by atomic mass is 10.0. The first-order valence-electron chi connectivity index (χ1n) is 6.41. The van der Waals surface area contributed by atoms with E-state index in [1.54, 1.807) is 0 Å². The van der Waals surface area contributed by atoms with E-state index in [0.29, 0.717) is 12.5 Å². The van der Waals surface area contributed by atoms with Crippen molar-refractivity contribution in [1.82, 2.24) is 5.32 Å². The normalized spacial score (nSPS) is 14.2. The highest BCUT2D eigenvalue weighted by Crippen LogP contribution is 2.19. The molecule has 4 nitrogen and oxygen atoms in total. The first-order chi connectivity index (χ1) is 8.65. The third-order valence-corrected chi connectivity index (χ3v) is 2.89. The molecule has 98 valence electrons. The minimum Gasteiger partial charge on any atom is -0.449 e. The van der Waals surface area contributed by atoms with Gasteiger partial charge in [0.2, 0.25) is 0 Å². The van der Waals surface area contributed by atoms with Gasteiger partial charge in [-0.05, 0) is 42.1 Å². The minimum atomic E-state index is -0.382. The van der Waals surface area contributed by atoms with Crippen molar-refractivity contribution in [2.75, 3.05) is 18.5 Å². The zero-order chi connectivity index (χ0) is 13.0. The number of hydrogen-bond acceptors (Lipinski definition) is 3. The molecule has 1 heterocycles. The summed E-state index contributed by atoms with van der Waals surface area (Å²) in [5.41, 5.74) is 3.41. The summed E-state index contributed by atoms with van der Waals surface area (Å²) in [5, 5.41) is 6.08. The van der Waals surface area contributed by atoms with Crippen molar-refractivity contribution in [3.63, 3.8) is 0 Å². The van der Waals surface area contributed by atoms with E-state index < -0.39 is 0 Å². The Morgan fingerprint density at radius 1 is 1.44 bits per heavy atom. The number of benzene rings is 1. The number of amides is 1. The summed E-state index contributed by atoms with van der Waals surface area (Å²) in [4.78, 5) is 11.5. The highest BCUT2D eigenvalue weighted by molar-refractivity contribution is 5.84. The summed E-state index contributed by atoms with van der Waals surface area (Å²) in [7, 11) is 0.